The second-order valence-corrected chi connectivity index (χ2v) is 6.89. The number of amides is 1. The van der Waals surface area contributed by atoms with E-state index in [-0.39, 0.29) is 18.0 Å². The Balaban J connectivity index is 1.63. The lowest BCUT2D eigenvalue weighted by atomic mass is 10.2. The van der Waals surface area contributed by atoms with Gasteiger partial charge in [0.15, 0.2) is 12.4 Å². The Hall–Kier alpha value is -3.59. The highest BCUT2D eigenvalue weighted by Gasteiger charge is 2.12. The molecule has 2 aromatic carbocycles. The molecule has 7 nitrogen and oxygen atoms in total. The van der Waals surface area contributed by atoms with Crippen molar-refractivity contribution >= 4 is 28.3 Å². The summed E-state index contributed by atoms with van der Waals surface area (Å²) in [7, 11) is 0. The fraction of sp³-hybridized carbons (Fsp3) is 0.0526. The van der Waals surface area contributed by atoms with Gasteiger partial charge in [-0.25, -0.2) is 4.39 Å². The Bertz CT molecular complexity index is 1260. The molecule has 0 unspecified atom stereocenters. The zero-order valence-corrected chi connectivity index (χ0v) is 15.1. The Morgan fingerprint density at radius 1 is 1.18 bits per heavy atom. The molecule has 0 bridgehead atoms. The average molecular weight is 396 g/mol. The topological polar surface area (TPSA) is 99.6 Å². The monoisotopic (exact) mass is 396 g/mol. The minimum absolute atomic E-state index is 0.196. The van der Waals surface area contributed by atoms with Gasteiger partial charge in [0.2, 0.25) is 4.96 Å². The maximum absolute atomic E-state index is 13.0. The Labute approximate surface area is 161 Å². The van der Waals surface area contributed by atoms with E-state index in [0.717, 1.165) is 5.56 Å². The van der Waals surface area contributed by atoms with Crippen LogP contribution < -0.4 is 20.6 Å². The molecule has 28 heavy (non-hydrogen) atoms. The number of halogens is 1. The number of hydrogen-bond donors (Lipinski definition) is 1. The molecule has 0 atom stereocenters. The van der Waals surface area contributed by atoms with Crippen LogP contribution in [0.25, 0.3) is 22.4 Å². The normalized spacial score (nSPS) is 11.8. The summed E-state index contributed by atoms with van der Waals surface area (Å²) in [5, 5.41) is 4.23. The first-order valence-corrected chi connectivity index (χ1v) is 9.00. The molecule has 9 heteroatoms. The predicted molar refractivity (Wildman–Crippen MR) is 102 cm³/mol. The third-order valence-corrected chi connectivity index (χ3v) is 4.80. The number of carbonyl (C=O) groups is 1. The number of aromatic nitrogens is 3. The summed E-state index contributed by atoms with van der Waals surface area (Å²) in [5.74, 6) is -0.0333. The van der Waals surface area contributed by atoms with Crippen molar-refractivity contribution < 1.29 is 13.9 Å². The van der Waals surface area contributed by atoms with E-state index in [1.165, 1.54) is 28.0 Å². The van der Waals surface area contributed by atoms with Gasteiger partial charge in [0.25, 0.3) is 11.5 Å². The van der Waals surface area contributed by atoms with E-state index in [9.17, 15) is 14.0 Å². The third kappa shape index (κ3) is 3.60. The van der Waals surface area contributed by atoms with Gasteiger partial charge in [0.05, 0.1) is 4.53 Å². The van der Waals surface area contributed by atoms with Crippen molar-refractivity contribution in [3.8, 4) is 17.1 Å². The van der Waals surface area contributed by atoms with Crippen LogP contribution in [0.2, 0.25) is 0 Å². The van der Waals surface area contributed by atoms with Crippen molar-refractivity contribution in [2.24, 2.45) is 5.73 Å². The van der Waals surface area contributed by atoms with Crippen molar-refractivity contribution in [2.75, 3.05) is 6.61 Å². The van der Waals surface area contributed by atoms with Gasteiger partial charge >= 0.3 is 0 Å². The molecule has 140 valence electrons. The van der Waals surface area contributed by atoms with E-state index >= 15 is 0 Å². The second kappa shape index (κ2) is 7.20. The number of nitrogens with zero attached hydrogens (tertiary/aromatic N) is 3. The first-order chi connectivity index (χ1) is 13.5. The van der Waals surface area contributed by atoms with Crippen LogP contribution in [-0.2, 0) is 4.79 Å². The maximum Gasteiger partial charge on any atom is 0.291 e. The Morgan fingerprint density at radius 3 is 2.54 bits per heavy atom. The molecule has 0 radical (unpaired) electrons. The highest BCUT2D eigenvalue weighted by molar-refractivity contribution is 7.15. The SMILES string of the molecule is NC(=O)COc1ccc(/C=c2/sc3nc(-c4ccc(F)cc4)nn3c2=O)cc1. The first kappa shape index (κ1) is 17.8. The molecule has 0 spiro atoms. The van der Waals surface area contributed by atoms with Gasteiger partial charge < -0.3 is 10.5 Å². The van der Waals surface area contributed by atoms with E-state index in [0.29, 0.717) is 26.6 Å². The van der Waals surface area contributed by atoms with Crippen LogP contribution in [0.15, 0.2) is 53.3 Å². The lowest BCUT2D eigenvalue weighted by Crippen LogP contribution is -2.23. The molecule has 4 aromatic rings. The van der Waals surface area contributed by atoms with Gasteiger partial charge in [-0.3, -0.25) is 9.59 Å². The van der Waals surface area contributed by atoms with Crippen molar-refractivity contribution in [3.05, 3.63) is 74.8 Å². The highest BCUT2D eigenvalue weighted by atomic mass is 32.1. The number of hydrogen-bond acceptors (Lipinski definition) is 6. The number of thiazole rings is 1. The van der Waals surface area contributed by atoms with E-state index in [2.05, 4.69) is 10.1 Å². The predicted octanol–water partition coefficient (Wildman–Crippen LogP) is 1.37. The highest BCUT2D eigenvalue weighted by Crippen LogP contribution is 2.17. The Kier molecular flexibility index (Phi) is 4.58. The average Bonchev–Trinajstić information content (AvgIpc) is 3.22. The van der Waals surface area contributed by atoms with Crippen LogP contribution in [0.5, 0.6) is 5.75 Å². The summed E-state index contributed by atoms with van der Waals surface area (Å²) in [5.41, 5.74) is 6.17. The maximum atomic E-state index is 13.0. The molecule has 0 fully saturated rings. The quantitative estimate of drug-likeness (QED) is 0.549. The number of rotatable bonds is 5. The number of fused-ring (bicyclic) bond motifs is 1. The molecule has 2 heterocycles. The number of nitrogens with two attached hydrogens (primary N) is 1. The zero-order valence-electron chi connectivity index (χ0n) is 14.3. The summed E-state index contributed by atoms with van der Waals surface area (Å²) in [4.78, 5) is 28.1. The molecule has 0 aliphatic rings. The minimum Gasteiger partial charge on any atom is -0.484 e. The van der Waals surface area contributed by atoms with Gasteiger partial charge in [-0.05, 0) is 48.0 Å². The standard InChI is InChI=1S/C19H13FN4O3S/c20-13-5-3-12(4-6-13)17-22-19-24(23-17)18(26)15(28-19)9-11-1-7-14(8-2-11)27-10-16(21)25/h1-9H,10H2,(H2,21,25)/b15-9+. The fourth-order valence-electron chi connectivity index (χ4n) is 2.52. The van der Waals surface area contributed by atoms with Crippen LogP contribution in [0, 0.1) is 5.82 Å². The summed E-state index contributed by atoms with van der Waals surface area (Å²) >= 11 is 1.21. The third-order valence-electron chi connectivity index (χ3n) is 3.84. The largest absolute Gasteiger partial charge is 0.484 e. The molecule has 0 aliphatic heterocycles. The van der Waals surface area contributed by atoms with Gasteiger partial charge in [-0.1, -0.05) is 23.5 Å². The van der Waals surface area contributed by atoms with Crippen molar-refractivity contribution in [1.29, 1.82) is 0 Å². The molecule has 0 saturated carbocycles. The zero-order chi connectivity index (χ0) is 19.7. The van der Waals surface area contributed by atoms with Crippen LogP contribution in [0.1, 0.15) is 5.56 Å². The van der Waals surface area contributed by atoms with E-state index in [1.54, 1.807) is 42.5 Å². The summed E-state index contributed by atoms with van der Waals surface area (Å²) < 4.78 is 20.0. The second-order valence-electron chi connectivity index (χ2n) is 5.88. The number of ether oxygens (including phenoxy) is 1. The number of primary amides is 1. The van der Waals surface area contributed by atoms with Gasteiger partial charge in [0.1, 0.15) is 11.6 Å². The van der Waals surface area contributed by atoms with E-state index in [1.807, 2.05) is 0 Å². The number of benzene rings is 2. The van der Waals surface area contributed by atoms with Crippen LogP contribution in [0.3, 0.4) is 0 Å². The van der Waals surface area contributed by atoms with Gasteiger partial charge in [-0.15, -0.1) is 5.10 Å². The first-order valence-electron chi connectivity index (χ1n) is 8.18. The minimum atomic E-state index is -0.555. The van der Waals surface area contributed by atoms with Gasteiger partial charge in [-0.2, -0.15) is 9.50 Å². The smallest absolute Gasteiger partial charge is 0.291 e. The molecular weight excluding hydrogens is 383 g/mol. The van der Waals surface area contributed by atoms with E-state index in [4.69, 9.17) is 10.5 Å². The summed E-state index contributed by atoms with van der Waals surface area (Å²) in [6, 6.07) is 12.6. The van der Waals surface area contributed by atoms with Crippen LogP contribution in [-0.4, -0.2) is 27.1 Å². The molecule has 0 saturated heterocycles. The molecule has 1 amide bonds. The molecule has 0 aliphatic carbocycles. The van der Waals surface area contributed by atoms with Crippen LogP contribution >= 0.6 is 11.3 Å². The lowest BCUT2D eigenvalue weighted by molar-refractivity contribution is -0.119. The van der Waals surface area contributed by atoms with Crippen molar-refractivity contribution in [3.63, 3.8) is 0 Å². The fourth-order valence-corrected chi connectivity index (χ4v) is 3.43. The summed E-state index contributed by atoms with van der Waals surface area (Å²) in [6.45, 7) is -0.196. The van der Waals surface area contributed by atoms with Gasteiger partial charge in [0, 0.05) is 5.56 Å². The Morgan fingerprint density at radius 2 is 1.89 bits per heavy atom. The van der Waals surface area contributed by atoms with Crippen molar-refractivity contribution in [2.45, 2.75) is 0 Å². The molecule has 2 N–H and O–H groups in total. The molecule has 4 rings (SSSR count). The lowest BCUT2D eigenvalue weighted by Gasteiger charge is -2.03. The van der Waals surface area contributed by atoms with E-state index < -0.39 is 5.91 Å². The van der Waals surface area contributed by atoms with Crippen molar-refractivity contribution in [1.82, 2.24) is 14.6 Å². The molecule has 2 aromatic heterocycles. The van der Waals surface area contributed by atoms with Crippen LogP contribution in [0.4, 0.5) is 4.39 Å². The molecular formula is C19H13FN4O3S. The number of carbonyl (C=O) groups excluding carboxylic acids is 1. The summed E-state index contributed by atoms with van der Waals surface area (Å²) in [6.07, 6.45) is 1.72.